The molecular weight excluding hydrogens is 458 g/mol. The molecule has 0 aliphatic carbocycles. The van der Waals surface area contributed by atoms with Gasteiger partial charge in [-0.1, -0.05) is 30.3 Å². The van der Waals surface area contributed by atoms with Crippen molar-refractivity contribution in [2.45, 2.75) is 12.8 Å². The fraction of sp³-hybridized carbons (Fsp3) is 0.107. The highest BCUT2D eigenvalue weighted by Crippen LogP contribution is 2.34. The second kappa shape index (κ2) is 9.95. The number of benzene rings is 3. The quantitative estimate of drug-likeness (QED) is 0.271. The van der Waals surface area contributed by atoms with Crippen molar-refractivity contribution in [3.05, 3.63) is 95.6 Å². The minimum absolute atomic E-state index is 0.0203. The van der Waals surface area contributed by atoms with Crippen LogP contribution in [-0.2, 0) is 4.79 Å². The highest BCUT2D eigenvalue weighted by Gasteiger charge is 2.16. The molecule has 5 rings (SSSR count). The summed E-state index contributed by atoms with van der Waals surface area (Å²) in [5.74, 6) is -0.0719. The Morgan fingerprint density at radius 2 is 1.74 bits per heavy atom. The van der Waals surface area contributed by atoms with E-state index < -0.39 is 5.97 Å². The van der Waals surface area contributed by atoms with Gasteiger partial charge >= 0.3 is 5.97 Å². The molecule has 0 amide bonds. The number of ether oxygens (including phenoxy) is 1. The topological polar surface area (TPSA) is 77.2 Å². The zero-order valence-electron chi connectivity index (χ0n) is 19.1. The van der Waals surface area contributed by atoms with Gasteiger partial charge in [0.1, 0.15) is 10.8 Å². The van der Waals surface area contributed by atoms with Crippen LogP contribution in [0.2, 0.25) is 0 Å². The van der Waals surface area contributed by atoms with Crippen molar-refractivity contribution in [3.8, 4) is 22.7 Å². The lowest BCUT2D eigenvalue weighted by atomic mass is 10.0. The van der Waals surface area contributed by atoms with Crippen molar-refractivity contribution in [2.75, 3.05) is 7.11 Å². The van der Waals surface area contributed by atoms with Gasteiger partial charge in [-0.15, -0.1) is 11.3 Å². The summed E-state index contributed by atoms with van der Waals surface area (Å²) in [5.41, 5.74) is 5.34. The zero-order chi connectivity index (χ0) is 24.2. The number of carboxylic acid groups (broad SMARTS) is 1. The van der Waals surface area contributed by atoms with E-state index in [-0.39, 0.29) is 6.42 Å². The van der Waals surface area contributed by atoms with Crippen molar-refractivity contribution >= 4 is 39.2 Å². The van der Waals surface area contributed by atoms with Gasteiger partial charge < -0.3 is 9.84 Å². The maximum Gasteiger partial charge on any atom is 0.303 e. The number of hydrogen-bond donors (Lipinski definition) is 1. The monoisotopic (exact) mass is 481 g/mol. The molecule has 0 aliphatic rings. The third-order valence-corrected chi connectivity index (χ3v) is 6.75. The third kappa shape index (κ3) is 5.00. The van der Waals surface area contributed by atoms with Gasteiger partial charge in [-0.2, -0.15) is 5.10 Å². The van der Waals surface area contributed by atoms with Gasteiger partial charge in [0.2, 0.25) is 0 Å². The lowest BCUT2D eigenvalue weighted by Crippen LogP contribution is -1.95. The molecule has 35 heavy (non-hydrogen) atoms. The molecule has 0 unspecified atom stereocenters. The van der Waals surface area contributed by atoms with E-state index in [1.807, 2.05) is 95.8 Å². The molecule has 0 fully saturated rings. The smallest absolute Gasteiger partial charge is 0.303 e. The number of fused-ring (bicyclic) bond motifs is 1. The Kier molecular flexibility index (Phi) is 6.41. The number of rotatable bonds is 8. The highest BCUT2D eigenvalue weighted by molar-refractivity contribution is 7.19. The number of allylic oxidation sites excluding steroid dienone is 1. The first-order chi connectivity index (χ1) is 17.1. The molecule has 2 heterocycles. The number of carbonyl (C=O) groups is 1. The molecule has 0 radical (unpaired) electrons. The average Bonchev–Trinajstić information content (AvgIpc) is 3.51. The Morgan fingerprint density at radius 1 is 1.00 bits per heavy atom. The van der Waals surface area contributed by atoms with Crippen LogP contribution in [0.1, 0.15) is 23.4 Å². The van der Waals surface area contributed by atoms with Crippen LogP contribution in [0.25, 0.3) is 38.8 Å². The maximum absolute atomic E-state index is 11.4. The number of aliphatic carboxylic acids is 1. The predicted octanol–water partition coefficient (Wildman–Crippen LogP) is 6.56. The highest BCUT2D eigenvalue weighted by atomic mass is 32.1. The number of para-hydroxylation sites is 2. The Morgan fingerprint density at radius 3 is 2.46 bits per heavy atom. The summed E-state index contributed by atoms with van der Waals surface area (Å²) in [6, 6.07) is 25.6. The largest absolute Gasteiger partial charge is 0.497 e. The van der Waals surface area contributed by atoms with Gasteiger partial charge in [-0.25, -0.2) is 9.67 Å². The number of methoxy groups -OCH3 is 1. The van der Waals surface area contributed by atoms with Crippen LogP contribution in [0.15, 0.2) is 85.1 Å². The summed E-state index contributed by atoms with van der Waals surface area (Å²) in [7, 11) is 1.64. The molecule has 0 bridgehead atoms. The van der Waals surface area contributed by atoms with Gasteiger partial charge in [-0.05, 0) is 66.6 Å². The van der Waals surface area contributed by atoms with Crippen molar-refractivity contribution in [1.29, 1.82) is 0 Å². The van der Waals surface area contributed by atoms with Crippen LogP contribution < -0.4 is 4.74 Å². The van der Waals surface area contributed by atoms with E-state index in [4.69, 9.17) is 14.8 Å². The van der Waals surface area contributed by atoms with E-state index in [1.54, 1.807) is 18.4 Å². The standard InChI is InChI=1S/C28H23N3O3S/c1-34-23-14-11-19(12-15-23)27-21(18-31(30-27)22-7-3-2-4-8-22)17-20(13-16-26(32)33)28-29-24-9-5-6-10-25(24)35-28/h2-12,14-15,17-18H,13,16H2,1H3,(H,32,33). The lowest BCUT2D eigenvalue weighted by molar-refractivity contribution is -0.136. The fourth-order valence-electron chi connectivity index (χ4n) is 3.86. The van der Waals surface area contributed by atoms with Gasteiger partial charge in [0.05, 0.1) is 28.7 Å². The maximum atomic E-state index is 11.4. The molecule has 7 heteroatoms. The van der Waals surface area contributed by atoms with Crippen molar-refractivity contribution in [3.63, 3.8) is 0 Å². The van der Waals surface area contributed by atoms with Crippen LogP contribution in [0.5, 0.6) is 5.75 Å². The van der Waals surface area contributed by atoms with E-state index in [9.17, 15) is 9.90 Å². The Labute approximate surface area is 206 Å². The molecule has 0 saturated heterocycles. The second-order valence-corrected chi connectivity index (χ2v) is 9.02. The third-order valence-electron chi connectivity index (χ3n) is 5.63. The van der Waals surface area contributed by atoms with Crippen molar-refractivity contribution < 1.29 is 14.6 Å². The summed E-state index contributed by atoms with van der Waals surface area (Å²) >= 11 is 1.57. The van der Waals surface area contributed by atoms with E-state index in [1.165, 1.54) is 0 Å². The van der Waals surface area contributed by atoms with Gasteiger partial charge in [0.25, 0.3) is 0 Å². The molecule has 0 atom stereocenters. The first kappa shape index (κ1) is 22.6. The Hall–Kier alpha value is -4.23. The molecule has 5 aromatic rings. The molecule has 2 aromatic heterocycles. The van der Waals surface area contributed by atoms with Gasteiger partial charge in [0.15, 0.2) is 0 Å². The number of nitrogens with zero attached hydrogens (tertiary/aromatic N) is 3. The summed E-state index contributed by atoms with van der Waals surface area (Å²) in [4.78, 5) is 16.2. The first-order valence-corrected chi connectivity index (χ1v) is 12.0. The molecular formula is C28H23N3O3S. The van der Waals surface area contributed by atoms with Crippen LogP contribution in [-0.4, -0.2) is 33.0 Å². The predicted molar refractivity (Wildman–Crippen MR) is 140 cm³/mol. The minimum atomic E-state index is -0.840. The van der Waals surface area contributed by atoms with Crippen molar-refractivity contribution in [1.82, 2.24) is 14.8 Å². The fourth-order valence-corrected chi connectivity index (χ4v) is 4.87. The molecule has 0 spiro atoms. The normalized spacial score (nSPS) is 11.6. The average molecular weight is 482 g/mol. The molecule has 174 valence electrons. The van der Waals surface area contributed by atoms with E-state index in [0.29, 0.717) is 6.42 Å². The van der Waals surface area contributed by atoms with E-state index in [2.05, 4.69) is 0 Å². The van der Waals surface area contributed by atoms with Crippen LogP contribution >= 0.6 is 11.3 Å². The van der Waals surface area contributed by atoms with Crippen LogP contribution in [0.3, 0.4) is 0 Å². The zero-order valence-corrected chi connectivity index (χ0v) is 19.9. The summed E-state index contributed by atoms with van der Waals surface area (Å²) < 4.78 is 8.23. The molecule has 1 N–H and O–H groups in total. The van der Waals surface area contributed by atoms with Crippen molar-refractivity contribution in [2.24, 2.45) is 0 Å². The molecule has 3 aromatic carbocycles. The van der Waals surface area contributed by atoms with Gasteiger partial charge in [-0.3, -0.25) is 4.79 Å². The molecule has 0 saturated carbocycles. The molecule has 0 aliphatic heterocycles. The lowest BCUT2D eigenvalue weighted by Gasteiger charge is -2.05. The first-order valence-electron chi connectivity index (χ1n) is 11.2. The van der Waals surface area contributed by atoms with E-state index >= 15 is 0 Å². The SMILES string of the molecule is COc1ccc(-c2nn(-c3ccccc3)cc2C=C(CCC(=O)O)c2nc3ccccc3s2)cc1. The van der Waals surface area contributed by atoms with Crippen LogP contribution in [0, 0.1) is 0 Å². The second-order valence-electron chi connectivity index (χ2n) is 7.99. The summed E-state index contributed by atoms with van der Waals surface area (Å²) in [6.45, 7) is 0. The number of thiazole rings is 1. The number of carboxylic acids is 1. The Bertz CT molecular complexity index is 1470. The minimum Gasteiger partial charge on any atom is -0.497 e. The van der Waals surface area contributed by atoms with Crippen LogP contribution in [0.4, 0.5) is 0 Å². The number of aromatic nitrogens is 3. The molecule has 6 nitrogen and oxygen atoms in total. The number of hydrogen-bond acceptors (Lipinski definition) is 5. The van der Waals surface area contributed by atoms with E-state index in [0.717, 1.165) is 49.1 Å². The summed E-state index contributed by atoms with van der Waals surface area (Å²) in [6.07, 6.45) is 4.38. The summed E-state index contributed by atoms with van der Waals surface area (Å²) in [5, 5.41) is 15.1. The van der Waals surface area contributed by atoms with Gasteiger partial charge in [0, 0.05) is 23.7 Å². The Balaban J connectivity index is 1.65.